The van der Waals surface area contributed by atoms with Crippen molar-refractivity contribution in [1.29, 1.82) is 0 Å². The van der Waals surface area contributed by atoms with Crippen LogP contribution in [0.4, 0.5) is 5.82 Å². The summed E-state index contributed by atoms with van der Waals surface area (Å²) in [5.41, 5.74) is 4.69. The second kappa shape index (κ2) is 5.15. The number of anilines is 1. The van der Waals surface area contributed by atoms with E-state index in [4.69, 9.17) is 5.73 Å². The van der Waals surface area contributed by atoms with Gasteiger partial charge in [0.25, 0.3) is 5.91 Å². The van der Waals surface area contributed by atoms with Gasteiger partial charge < -0.3 is 21.1 Å². The number of hydrogen-bond donors (Lipinski definition) is 4. The molecule has 5 N–H and O–H groups in total. The molecule has 0 aromatic carbocycles. The molecule has 17 heavy (non-hydrogen) atoms. The number of carbonyl (C=O) groups excluding carboxylic acids is 1. The summed E-state index contributed by atoms with van der Waals surface area (Å²) in [5.74, 6) is -0.0802. The number of nitrogens with one attached hydrogen (secondary N) is 2. The van der Waals surface area contributed by atoms with Crippen LogP contribution in [-0.4, -0.2) is 58.9 Å². The smallest absolute Gasteiger partial charge is 0.269 e. The molecule has 1 heterocycles. The van der Waals surface area contributed by atoms with Crippen LogP contribution in [0.2, 0.25) is 0 Å². The maximum absolute atomic E-state index is 11.6. The Hall–Kier alpha value is -1.60. The van der Waals surface area contributed by atoms with Crippen molar-refractivity contribution in [2.75, 3.05) is 32.9 Å². The molecule has 0 radical (unpaired) electrons. The average molecular weight is 241 g/mol. The van der Waals surface area contributed by atoms with E-state index in [9.17, 15) is 9.90 Å². The third-order valence-corrected chi connectivity index (χ3v) is 2.13. The predicted octanol–water partition coefficient (Wildman–Crippen LogP) is -0.966. The van der Waals surface area contributed by atoms with Crippen LogP contribution < -0.4 is 11.1 Å². The normalized spacial score (nSPS) is 14.6. The molecule has 1 rings (SSSR count). The molecule has 1 aromatic heterocycles. The Morgan fingerprint density at radius 1 is 1.71 bits per heavy atom. The highest BCUT2D eigenvalue weighted by atomic mass is 16.3. The maximum atomic E-state index is 11.6. The fourth-order valence-corrected chi connectivity index (χ4v) is 1.56. The van der Waals surface area contributed by atoms with E-state index in [1.807, 2.05) is 19.0 Å². The Bertz CT molecular complexity index is 386. The molecule has 0 saturated heterocycles. The molecule has 0 saturated carbocycles. The Morgan fingerprint density at radius 2 is 2.35 bits per heavy atom. The van der Waals surface area contributed by atoms with Gasteiger partial charge in [-0.1, -0.05) is 0 Å². The van der Waals surface area contributed by atoms with Crippen molar-refractivity contribution < 1.29 is 9.90 Å². The summed E-state index contributed by atoms with van der Waals surface area (Å²) in [6.07, 6.45) is 0. The van der Waals surface area contributed by atoms with Gasteiger partial charge in [0, 0.05) is 19.2 Å². The number of amides is 1. The number of likely N-dealkylation sites (N-methyl/N-ethyl adjacent to an activating group) is 1. The molecule has 96 valence electrons. The van der Waals surface area contributed by atoms with Gasteiger partial charge in [-0.15, -0.1) is 0 Å². The van der Waals surface area contributed by atoms with Gasteiger partial charge in [0.2, 0.25) is 0 Å². The Morgan fingerprint density at radius 3 is 2.82 bits per heavy atom. The molecule has 1 unspecified atom stereocenters. The van der Waals surface area contributed by atoms with Gasteiger partial charge in [0.1, 0.15) is 11.5 Å². The standard InChI is InChI=1S/C10H19N5O2/c1-10(17,6-15(2)3)5-12-9(16)7-4-8(11)14-13-7/h4,17H,5-6H2,1-3H3,(H,12,16)(H3,11,13,14). The zero-order valence-electron chi connectivity index (χ0n) is 10.3. The molecule has 0 aliphatic heterocycles. The van der Waals surface area contributed by atoms with Crippen molar-refractivity contribution in [3.8, 4) is 0 Å². The zero-order chi connectivity index (χ0) is 13.1. The van der Waals surface area contributed by atoms with E-state index in [0.717, 1.165) is 0 Å². The molecule has 1 atom stereocenters. The first-order chi connectivity index (χ1) is 7.80. The van der Waals surface area contributed by atoms with Crippen LogP contribution in [0.15, 0.2) is 6.07 Å². The largest absolute Gasteiger partial charge is 0.387 e. The van der Waals surface area contributed by atoms with Crippen molar-refractivity contribution >= 4 is 11.7 Å². The summed E-state index contributed by atoms with van der Waals surface area (Å²) >= 11 is 0. The summed E-state index contributed by atoms with van der Waals surface area (Å²) in [5, 5.41) is 18.7. The third kappa shape index (κ3) is 4.41. The number of H-pyrrole nitrogens is 1. The van der Waals surface area contributed by atoms with E-state index in [1.165, 1.54) is 6.07 Å². The van der Waals surface area contributed by atoms with Crippen molar-refractivity contribution in [1.82, 2.24) is 20.4 Å². The SMILES string of the molecule is CN(C)CC(C)(O)CNC(=O)c1cc(N)n[nH]1. The number of nitrogen functional groups attached to an aromatic ring is 1. The fraction of sp³-hybridized carbons (Fsp3) is 0.600. The number of nitrogens with two attached hydrogens (primary N) is 1. The van der Waals surface area contributed by atoms with Crippen molar-refractivity contribution in [3.05, 3.63) is 11.8 Å². The minimum atomic E-state index is -0.981. The first kappa shape index (κ1) is 13.5. The predicted molar refractivity (Wildman–Crippen MR) is 64.5 cm³/mol. The summed E-state index contributed by atoms with van der Waals surface area (Å²) in [6, 6.07) is 1.44. The lowest BCUT2D eigenvalue weighted by Gasteiger charge is -2.26. The van der Waals surface area contributed by atoms with Gasteiger partial charge in [0.15, 0.2) is 0 Å². The van der Waals surface area contributed by atoms with Crippen LogP contribution in [0.3, 0.4) is 0 Å². The number of aromatic nitrogens is 2. The van der Waals surface area contributed by atoms with E-state index in [0.29, 0.717) is 6.54 Å². The van der Waals surface area contributed by atoms with Gasteiger partial charge in [-0.05, 0) is 21.0 Å². The maximum Gasteiger partial charge on any atom is 0.269 e. The number of aromatic amines is 1. The van der Waals surface area contributed by atoms with Crippen LogP contribution in [-0.2, 0) is 0 Å². The molecule has 0 spiro atoms. The van der Waals surface area contributed by atoms with Crippen LogP contribution >= 0.6 is 0 Å². The monoisotopic (exact) mass is 241 g/mol. The van der Waals surface area contributed by atoms with E-state index < -0.39 is 5.60 Å². The Kier molecular flexibility index (Phi) is 4.08. The Labute approximate surface area is 100.0 Å². The van der Waals surface area contributed by atoms with Gasteiger partial charge in [-0.25, -0.2) is 0 Å². The van der Waals surface area contributed by atoms with E-state index in [2.05, 4.69) is 15.5 Å². The summed E-state index contributed by atoms with van der Waals surface area (Å²) in [4.78, 5) is 13.5. The van der Waals surface area contributed by atoms with Crippen molar-refractivity contribution in [3.63, 3.8) is 0 Å². The molecule has 0 fully saturated rings. The summed E-state index contributed by atoms with van der Waals surface area (Å²) in [7, 11) is 3.71. The van der Waals surface area contributed by atoms with Crippen LogP contribution in [0.25, 0.3) is 0 Å². The van der Waals surface area contributed by atoms with Gasteiger partial charge in [-0.2, -0.15) is 5.10 Å². The molecule has 7 nitrogen and oxygen atoms in total. The molecular weight excluding hydrogens is 222 g/mol. The first-order valence-electron chi connectivity index (χ1n) is 5.26. The van der Waals surface area contributed by atoms with Gasteiger partial charge in [0.05, 0.1) is 5.60 Å². The summed E-state index contributed by atoms with van der Waals surface area (Å²) < 4.78 is 0. The number of carbonyl (C=O) groups is 1. The third-order valence-electron chi connectivity index (χ3n) is 2.13. The minimum Gasteiger partial charge on any atom is -0.387 e. The average Bonchev–Trinajstić information content (AvgIpc) is 2.59. The number of nitrogens with zero attached hydrogens (tertiary/aromatic N) is 2. The summed E-state index contributed by atoms with van der Waals surface area (Å²) in [6.45, 7) is 2.27. The lowest BCUT2D eigenvalue weighted by Crippen LogP contribution is -2.47. The molecule has 7 heteroatoms. The Balaban J connectivity index is 2.48. The van der Waals surface area contributed by atoms with Crippen LogP contribution in [0.1, 0.15) is 17.4 Å². The topological polar surface area (TPSA) is 107 Å². The van der Waals surface area contributed by atoms with Crippen LogP contribution in [0.5, 0.6) is 0 Å². The first-order valence-corrected chi connectivity index (χ1v) is 5.26. The molecule has 0 aliphatic rings. The van der Waals surface area contributed by atoms with Crippen molar-refractivity contribution in [2.24, 2.45) is 0 Å². The number of aliphatic hydroxyl groups is 1. The molecule has 0 aliphatic carbocycles. The highest BCUT2D eigenvalue weighted by Crippen LogP contribution is 2.04. The highest BCUT2D eigenvalue weighted by molar-refractivity contribution is 5.92. The van der Waals surface area contributed by atoms with Crippen LogP contribution in [0, 0.1) is 0 Å². The molecule has 1 amide bonds. The van der Waals surface area contributed by atoms with E-state index in [1.54, 1.807) is 6.92 Å². The number of hydrogen-bond acceptors (Lipinski definition) is 5. The molecule has 1 aromatic rings. The van der Waals surface area contributed by atoms with E-state index in [-0.39, 0.29) is 24.0 Å². The van der Waals surface area contributed by atoms with E-state index >= 15 is 0 Å². The van der Waals surface area contributed by atoms with Gasteiger partial charge in [-0.3, -0.25) is 9.89 Å². The minimum absolute atomic E-state index is 0.156. The quantitative estimate of drug-likeness (QED) is 0.531. The van der Waals surface area contributed by atoms with Crippen molar-refractivity contribution in [2.45, 2.75) is 12.5 Å². The molecular formula is C10H19N5O2. The lowest BCUT2D eigenvalue weighted by molar-refractivity contribution is 0.0325. The zero-order valence-corrected chi connectivity index (χ0v) is 10.3. The number of rotatable bonds is 5. The highest BCUT2D eigenvalue weighted by Gasteiger charge is 2.22. The second-order valence-corrected chi connectivity index (χ2v) is 4.62. The second-order valence-electron chi connectivity index (χ2n) is 4.62. The molecule has 0 bridgehead atoms. The fourth-order valence-electron chi connectivity index (χ4n) is 1.56. The van der Waals surface area contributed by atoms with Gasteiger partial charge >= 0.3 is 0 Å². The lowest BCUT2D eigenvalue weighted by atomic mass is 10.1.